The molecule has 0 aliphatic rings. The molecule has 4 rings (SSSR count). The van der Waals surface area contributed by atoms with Crippen LogP contribution in [-0.4, -0.2) is 25.3 Å². The van der Waals surface area contributed by atoms with Gasteiger partial charge in [0.1, 0.15) is 17.5 Å². The molecular weight excluding hydrogens is 312 g/mol. The van der Waals surface area contributed by atoms with E-state index in [9.17, 15) is 4.79 Å². The van der Waals surface area contributed by atoms with Crippen molar-refractivity contribution in [1.82, 2.24) is 19.5 Å². The molecule has 0 aliphatic carbocycles. The lowest BCUT2D eigenvalue weighted by Crippen LogP contribution is -1.99. The molecule has 25 heavy (non-hydrogen) atoms. The van der Waals surface area contributed by atoms with Crippen LogP contribution in [0.4, 0.5) is 0 Å². The number of hydrogen-bond donors (Lipinski definition) is 0. The first-order valence-corrected chi connectivity index (χ1v) is 8.03. The number of imidazole rings is 1. The van der Waals surface area contributed by atoms with Gasteiger partial charge in [-0.2, -0.15) is 0 Å². The second-order valence-corrected chi connectivity index (χ2v) is 5.89. The van der Waals surface area contributed by atoms with Crippen LogP contribution < -0.4 is 0 Å². The summed E-state index contributed by atoms with van der Waals surface area (Å²) in [6.07, 6.45) is 3.35. The van der Waals surface area contributed by atoms with E-state index < -0.39 is 0 Å². The molecule has 2 aromatic heterocycles. The van der Waals surface area contributed by atoms with Gasteiger partial charge in [-0.25, -0.2) is 15.0 Å². The zero-order valence-corrected chi connectivity index (χ0v) is 13.8. The molecule has 5 nitrogen and oxygen atoms in total. The van der Waals surface area contributed by atoms with Gasteiger partial charge in [0.05, 0.1) is 12.9 Å². The van der Waals surface area contributed by atoms with Gasteiger partial charge >= 0.3 is 0 Å². The minimum absolute atomic E-state index is 0.0477. The summed E-state index contributed by atoms with van der Waals surface area (Å²) < 4.78 is 2.01. The third-order valence-electron chi connectivity index (χ3n) is 4.16. The number of carbonyl (C=O) groups is 1. The quantitative estimate of drug-likeness (QED) is 0.535. The van der Waals surface area contributed by atoms with Crippen LogP contribution in [0.2, 0.25) is 0 Å². The Labute approximate surface area is 145 Å². The fourth-order valence-corrected chi connectivity index (χ4v) is 2.85. The van der Waals surface area contributed by atoms with Crippen molar-refractivity contribution in [3.8, 4) is 11.3 Å². The van der Waals surface area contributed by atoms with Crippen LogP contribution in [0.5, 0.6) is 0 Å². The van der Waals surface area contributed by atoms with Crippen LogP contribution in [0.1, 0.15) is 22.8 Å². The lowest BCUT2D eigenvalue weighted by Gasteiger charge is -2.05. The second kappa shape index (κ2) is 6.28. The third kappa shape index (κ3) is 2.92. The number of fused-ring (bicyclic) bond motifs is 1. The second-order valence-electron chi connectivity index (χ2n) is 5.89. The van der Waals surface area contributed by atoms with E-state index in [4.69, 9.17) is 0 Å². The molecule has 0 spiro atoms. The normalized spacial score (nSPS) is 10.9. The summed E-state index contributed by atoms with van der Waals surface area (Å²) in [6, 6.07) is 17.6. The Morgan fingerprint density at radius 2 is 1.72 bits per heavy atom. The summed E-state index contributed by atoms with van der Waals surface area (Å²) in [4.78, 5) is 24.8. The highest BCUT2D eigenvalue weighted by molar-refractivity contribution is 5.95. The minimum Gasteiger partial charge on any atom is -0.311 e. The molecule has 2 heterocycles. The average Bonchev–Trinajstić information content (AvgIpc) is 3.06. The van der Waals surface area contributed by atoms with Crippen LogP contribution in [0.15, 0.2) is 67.3 Å². The fourth-order valence-electron chi connectivity index (χ4n) is 2.85. The predicted molar refractivity (Wildman–Crippen MR) is 96.3 cm³/mol. The molecule has 0 amide bonds. The van der Waals surface area contributed by atoms with E-state index in [1.165, 1.54) is 5.56 Å². The first-order valence-electron chi connectivity index (χ1n) is 8.03. The van der Waals surface area contributed by atoms with E-state index in [2.05, 4.69) is 27.1 Å². The Bertz CT molecular complexity index is 1040. The number of Topliss-reactive ketones (excluding diaryl/α,β-unsaturated/α-hetero) is 1. The number of aromatic nitrogens is 4. The van der Waals surface area contributed by atoms with Crippen molar-refractivity contribution in [2.24, 2.45) is 0 Å². The van der Waals surface area contributed by atoms with Crippen molar-refractivity contribution in [3.05, 3.63) is 78.4 Å². The van der Waals surface area contributed by atoms with Gasteiger partial charge in [0.15, 0.2) is 11.4 Å². The van der Waals surface area contributed by atoms with Crippen molar-refractivity contribution < 1.29 is 4.79 Å². The zero-order valence-electron chi connectivity index (χ0n) is 13.8. The molecule has 0 atom stereocenters. The minimum atomic E-state index is 0.0477. The Hall–Kier alpha value is -3.34. The lowest BCUT2D eigenvalue weighted by molar-refractivity contribution is 0.101. The summed E-state index contributed by atoms with van der Waals surface area (Å²) >= 11 is 0. The lowest BCUT2D eigenvalue weighted by atomic mass is 10.1. The number of nitrogens with zero attached hydrogens (tertiary/aromatic N) is 4. The monoisotopic (exact) mass is 328 g/mol. The largest absolute Gasteiger partial charge is 0.311 e. The van der Waals surface area contributed by atoms with Gasteiger partial charge in [-0.1, -0.05) is 54.6 Å². The van der Waals surface area contributed by atoms with Gasteiger partial charge in [-0.15, -0.1) is 0 Å². The van der Waals surface area contributed by atoms with Crippen LogP contribution in [0, 0.1) is 0 Å². The highest BCUT2D eigenvalue weighted by atomic mass is 16.1. The molecule has 122 valence electrons. The smallest absolute Gasteiger partial charge is 0.164 e. The summed E-state index contributed by atoms with van der Waals surface area (Å²) in [5.74, 6) is 0.0477. The van der Waals surface area contributed by atoms with Crippen LogP contribution >= 0.6 is 0 Å². The van der Waals surface area contributed by atoms with E-state index in [-0.39, 0.29) is 5.78 Å². The third-order valence-corrected chi connectivity index (χ3v) is 4.16. The highest BCUT2D eigenvalue weighted by Gasteiger charge is 2.12. The molecule has 0 fully saturated rings. The van der Waals surface area contributed by atoms with Gasteiger partial charge in [0, 0.05) is 11.1 Å². The topological polar surface area (TPSA) is 60.7 Å². The van der Waals surface area contributed by atoms with Crippen molar-refractivity contribution >= 4 is 16.9 Å². The van der Waals surface area contributed by atoms with E-state index in [0.717, 1.165) is 22.4 Å². The SMILES string of the molecule is CC(=O)c1ccc(-c2ncnc3c2ncn3Cc2ccccc2)cc1. The maximum absolute atomic E-state index is 11.4. The molecule has 0 aliphatic heterocycles. The summed E-state index contributed by atoms with van der Waals surface area (Å²) in [5.41, 5.74) is 5.12. The molecule has 0 bridgehead atoms. The van der Waals surface area contributed by atoms with Crippen molar-refractivity contribution in [2.75, 3.05) is 0 Å². The Morgan fingerprint density at radius 1 is 0.960 bits per heavy atom. The van der Waals surface area contributed by atoms with Crippen molar-refractivity contribution in [3.63, 3.8) is 0 Å². The number of carbonyl (C=O) groups excluding carboxylic acids is 1. The maximum atomic E-state index is 11.4. The predicted octanol–water partition coefficient (Wildman–Crippen LogP) is 3.74. The molecule has 0 saturated carbocycles. The number of rotatable bonds is 4. The van der Waals surface area contributed by atoms with E-state index in [1.54, 1.807) is 19.6 Å². The summed E-state index contributed by atoms with van der Waals surface area (Å²) in [6.45, 7) is 2.26. The van der Waals surface area contributed by atoms with Gasteiger partial charge in [0.25, 0.3) is 0 Å². The maximum Gasteiger partial charge on any atom is 0.164 e. The van der Waals surface area contributed by atoms with Crippen molar-refractivity contribution in [1.29, 1.82) is 0 Å². The van der Waals surface area contributed by atoms with Crippen LogP contribution in [0.3, 0.4) is 0 Å². The molecule has 0 unspecified atom stereocenters. The van der Waals surface area contributed by atoms with Gasteiger partial charge in [-0.05, 0) is 12.5 Å². The highest BCUT2D eigenvalue weighted by Crippen LogP contribution is 2.25. The Morgan fingerprint density at radius 3 is 2.44 bits per heavy atom. The fraction of sp³-hybridized carbons (Fsp3) is 0.100. The Balaban J connectivity index is 1.75. The van der Waals surface area contributed by atoms with Crippen molar-refractivity contribution in [2.45, 2.75) is 13.5 Å². The zero-order chi connectivity index (χ0) is 17.2. The van der Waals surface area contributed by atoms with E-state index in [1.807, 2.05) is 47.0 Å². The van der Waals surface area contributed by atoms with Gasteiger partial charge in [0.2, 0.25) is 0 Å². The molecule has 5 heteroatoms. The number of benzene rings is 2. The molecule has 0 radical (unpaired) electrons. The van der Waals surface area contributed by atoms with Crippen LogP contribution in [0.25, 0.3) is 22.4 Å². The molecule has 4 aromatic rings. The summed E-state index contributed by atoms with van der Waals surface area (Å²) in [7, 11) is 0. The van der Waals surface area contributed by atoms with Crippen LogP contribution in [-0.2, 0) is 6.54 Å². The average molecular weight is 328 g/mol. The molecule has 2 aromatic carbocycles. The Kier molecular flexibility index (Phi) is 3.82. The van der Waals surface area contributed by atoms with Gasteiger partial charge < -0.3 is 4.57 Å². The van der Waals surface area contributed by atoms with Gasteiger partial charge in [-0.3, -0.25) is 4.79 Å². The molecule has 0 saturated heterocycles. The molecular formula is C20H16N4O. The summed E-state index contributed by atoms with van der Waals surface area (Å²) in [5, 5.41) is 0. The first kappa shape index (κ1) is 15.2. The first-order chi connectivity index (χ1) is 12.2. The standard InChI is InChI=1S/C20H16N4O/c1-14(25)16-7-9-17(10-8-16)18-19-20(22-12-21-18)24(13-23-19)11-15-5-3-2-4-6-15/h2-10,12-13H,11H2,1H3. The number of hydrogen-bond acceptors (Lipinski definition) is 4. The van der Waals surface area contributed by atoms with E-state index in [0.29, 0.717) is 12.1 Å². The van der Waals surface area contributed by atoms with E-state index >= 15 is 0 Å². The molecule has 0 N–H and O–H groups in total. The number of ketones is 1.